The molecule has 0 aliphatic heterocycles. The zero-order chi connectivity index (χ0) is 17.0. The number of benzene rings is 1. The van der Waals surface area contributed by atoms with Gasteiger partial charge in [0.1, 0.15) is 0 Å². The second-order valence-electron chi connectivity index (χ2n) is 5.53. The quantitative estimate of drug-likeness (QED) is 0.843. The molecule has 0 unspecified atom stereocenters. The Hall–Kier alpha value is -1.73. The van der Waals surface area contributed by atoms with Crippen LogP contribution in [-0.2, 0) is 16.6 Å². The van der Waals surface area contributed by atoms with Crippen molar-refractivity contribution in [3.8, 4) is 5.69 Å². The highest BCUT2D eigenvalue weighted by Crippen LogP contribution is 2.20. The molecule has 2 rings (SSSR count). The van der Waals surface area contributed by atoms with Crippen LogP contribution in [0.3, 0.4) is 0 Å². The molecule has 0 aliphatic rings. The van der Waals surface area contributed by atoms with Gasteiger partial charge in [0.2, 0.25) is 10.0 Å². The van der Waals surface area contributed by atoms with Gasteiger partial charge in [0.15, 0.2) is 0 Å². The number of aryl methyl sites for hydroxylation is 2. The Morgan fingerprint density at radius 2 is 1.91 bits per heavy atom. The predicted octanol–water partition coefficient (Wildman–Crippen LogP) is 2.58. The van der Waals surface area contributed by atoms with E-state index in [1.807, 2.05) is 49.7 Å². The van der Waals surface area contributed by atoms with Crippen LogP contribution in [0.15, 0.2) is 24.3 Å². The molecule has 0 bridgehead atoms. The Balaban J connectivity index is 2.24. The van der Waals surface area contributed by atoms with Gasteiger partial charge in [-0.25, -0.2) is 17.8 Å². The van der Waals surface area contributed by atoms with Crippen LogP contribution in [0.4, 0.5) is 4.39 Å². The Morgan fingerprint density at radius 3 is 2.57 bits per heavy atom. The second kappa shape index (κ2) is 7.23. The summed E-state index contributed by atoms with van der Waals surface area (Å²) in [5.41, 5.74) is 4.58. The maximum absolute atomic E-state index is 12.1. The molecular weight excluding hydrogens is 317 g/mol. The number of alkyl halides is 1. The number of sulfonamides is 1. The number of hydrogen-bond acceptors (Lipinski definition) is 3. The van der Waals surface area contributed by atoms with Crippen molar-refractivity contribution in [1.82, 2.24) is 14.5 Å². The van der Waals surface area contributed by atoms with E-state index in [0.717, 1.165) is 28.2 Å². The SMILES string of the molecule is Cc1ccccc1-n1nc(C)c(CNS(=O)(=O)CCCF)c1C. The van der Waals surface area contributed by atoms with E-state index in [1.54, 1.807) is 0 Å². The van der Waals surface area contributed by atoms with Crippen LogP contribution in [-0.4, -0.2) is 30.6 Å². The Labute approximate surface area is 136 Å². The minimum absolute atomic E-state index is 0.00969. The summed E-state index contributed by atoms with van der Waals surface area (Å²) in [7, 11) is -3.47. The molecule has 1 heterocycles. The minimum atomic E-state index is -3.47. The molecule has 2 aromatic rings. The van der Waals surface area contributed by atoms with Crippen LogP contribution in [0, 0.1) is 20.8 Å². The molecule has 1 aromatic carbocycles. The number of hydrogen-bond donors (Lipinski definition) is 1. The van der Waals surface area contributed by atoms with Gasteiger partial charge in [-0.1, -0.05) is 18.2 Å². The van der Waals surface area contributed by atoms with E-state index in [0.29, 0.717) is 0 Å². The van der Waals surface area contributed by atoms with Crippen molar-refractivity contribution in [2.45, 2.75) is 33.7 Å². The molecule has 0 saturated carbocycles. The number of nitrogens with one attached hydrogen (secondary N) is 1. The molecule has 5 nitrogen and oxygen atoms in total. The molecule has 1 N–H and O–H groups in total. The number of nitrogens with zero attached hydrogens (tertiary/aromatic N) is 2. The van der Waals surface area contributed by atoms with Crippen LogP contribution in [0.2, 0.25) is 0 Å². The Kier molecular flexibility index (Phi) is 5.54. The molecule has 0 radical (unpaired) electrons. The molecular formula is C16H22FN3O2S. The van der Waals surface area contributed by atoms with Gasteiger partial charge in [-0.2, -0.15) is 5.10 Å². The van der Waals surface area contributed by atoms with E-state index in [-0.39, 0.29) is 18.7 Å². The number of aromatic nitrogens is 2. The van der Waals surface area contributed by atoms with E-state index < -0.39 is 16.7 Å². The highest BCUT2D eigenvalue weighted by atomic mass is 32.2. The second-order valence-corrected chi connectivity index (χ2v) is 7.46. The highest BCUT2D eigenvalue weighted by Gasteiger charge is 2.16. The lowest BCUT2D eigenvalue weighted by Gasteiger charge is -2.09. The summed E-state index contributed by atoms with van der Waals surface area (Å²) in [4.78, 5) is 0. The summed E-state index contributed by atoms with van der Waals surface area (Å²) in [5, 5.41) is 4.53. The largest absolute Gasteiger partial charge is 0.251 e. The van der Waals surface area contributed by atoms with Gasteiger partial charge in [-0.05, 0) is 38.8 Å². The third kappa shape index (κ3) is 4.17. The van der Waals surface area contributed by atoms with E-state index in [1.165, 1.54) is 0 Å². The highest BCUT2D eigenvalue weighted by molar-refractivity contribution is 7.89. The van der Waals surface area contributed by atoms with Crippen LogP contribution in [0.1, 0.15) is 28.9 Å². The fourth-order valence-corrected chi connectivity index (χ4v) is 3.46. The summed E-state index contributed by atoms with van der Waals surface area (Å²) in [5.74, 6) is -0.201. The van der Waals surface area contributed by atoms with Gasteiger partial charge in [0, 0.05) is 17.8 Å². The van der Waals surface area contributed by atoms with Crippen LogP contribution < -0.4 is 4.72 Å². The van der Waals surface area contributed by atoms with Gasteiger partial charge >= 0.3 is 0 Å². The van der Waals surface area contributed by atoms with Crippen molar-refractivity contribution in [2.75, 3.05) is 12.4 Å². The first-order valence-electron chi connectivity index (χ1n) is 7.50. The van der Waals surface area contributed by atoms with Gasteiger partial charge in [-0.15, -0.1) is 0 Å². The molecule has 7 heteroatoms. The molecule has 23 heavy (non-hydrogen) atoms. The zero-order valence-electron chi connectivity index (χ0n) is 13.6. The molecule has 0 aliphatic carbocycles. The molecule has 0 amide bonds. The molecule has 0 spiro atoms. The summed E-state index contributed by atoms with van der Waals surface area (Å²) >= 11 is 0. The van der Waals surface area contributed by atoms with E-state index in [2.05, 4.69) is 9.82 Å². The van der Waals surface area contributed by atoms with Gasteiger partial charge in [0.05, 0.1) is 23.8 Å². The lowest BCUT2D eigenvalue weighted by atomic mass is 10.2. The van der Waals surface area contributed by atoms with Crippen molar-refractivity contribution in [1.29, 1.82) is 0 Å². The van der Waals surface area contributed by atoms with Crippen molar-refractivity contribution in [3.63, 3.8) is 0 Å². The third-order valence-electron chi connectivity index (χ3n) is 3.80. The van der Waals surface area contributed by atoms with Gasteiger partial charge in [0.25, 0.3) is 0 Å². The first-order valence-corrected chi connectivity index (χ1v) is 9.15. The summed E-state index contributed by atoms with van der Waals surface area (Å²) in [6.07, 6.45) is 0.00969. The monoisotopic (exact) mass is 339 g/mol. The average molecular weight is 339 g/mol. The van der Waals surface area contributed by atoms with E-state index >= 15 is 0 Å². The predicted molar refractivity (Wildman–Crippen MR) is 89.0 cm³/mol. The lowest BCUT2D eigenvalue weighted by Crippen LogP contribution is -2.26. The molecule has 0 saturated heterocycles. The zero-order valence-corrected chi connectivity index (χ0v) is 14.5. The summed E-state index contributed by atoms with van der Waals surface area (Å²) < 4.78 is 40.1. The lowest BCUT2D eigenvalue weighted by molar-refractivity contribution is 0.483. The van der Waals surface area contributed by atoms with E-state index in [9.17, 15) is 12.8 Å². The van der Waals surface area contributed by atoms with Gasteiger partial charge in [-0.3, -0.25) is 4.39 Å². The number of para-hydroxylation sites is 1. The minimum Gasteiger partial charge on any atom is -0.251 e. The fraction of sp³-hybridized carbons (Fsp3) is 0.438. The van der Waals surface area contributed by atoms with Gasteiger partial charge < -0.3 is 0 Å². The topological polar surface area (TPSA) is 64.0 Å². The fourth-order valence-electron chi connectivity index (χ4n) is 2.47. The maximum Gasteiger partial charge on any atom is 0.211 e. The Morgan fingerprint density at radius 1 is 1.22 bits per heavy atom. The molecule has 1 aromatic heterocycles. The summed E-state index contributed by atoms with van der Waals surface area (Å²) in [6, 6.07) is 7.89. The first kappa shape index (κ1) is 17.6. The summed E-state index contributed by atoms with van der Waals surface area (Å²) in [6.45, 7) is 5.30. The Bertz CT molecular complexity index is 785. The van der Waals surface area contributed by atoms with Crippen LogP contribution >= 0.6 is 0 Å². The third-order valence-corrected chi connectivity index (χ3v) is 5.21. The van der Waals surface area contributed by atoms with Crippen LogP contribution in [0.5, 0.6) is 0 Å². The molecule has 126 valence electrons. The van der Waals surface area contributed by atoms with Crippen molar-refractivity contribution in [3.05, 3.63) is 46.8 Å². The maximum atomic E-state index is 12.1. The van der Waals surface area contributed by atoms with Crippen molar-refractivity contribution in [2.24, 2.45) is 0 Å². The molecule has 0 atom stereocenters. The normalized spacial score (nSPS) is 11.8. The molecule has 0 fully saturated rings. The number of halogens is 1. The van der Waals surface area contributed by atoms with E-state index in [4.69, 9.17) is 0 Å². The van der Waals surface area contributed by atoms with Crippen LogP contribution in [0.25, 0.3) is 5.69 Å². The van der Waals surface area contributed by atoms with Crippen molar-refractivity contribution < 1.29 is 12.8 Å². The standard InChI is InChI=1S/C16H22FN3O2S/c1-12-7-4-5-8-16(12)20-14(3)15(13(2)19-20)11-18-23(21,22)10-6-9-17/h4-5,7-8,18H,6,9-11H2,1-3H3. The smallest absolute Gasteiger partial charge is 0.211 e. The average Bonchev–Trinajstić information content (AvgIpc) is 2.78. The first-order chi connectivity index (χ1) is 10.9. The number of rotatable bonds is 7. The van der Waals surface area contributed by atoms with Crippen molar-refractivity contribution >= 4 is 10.0 Å².